The summed E-state index contributed by atoms with van der Waals surface area (Å²) in [4.78, 5) is 26.1. The maximum absolute atomic E-state index is 12.7. The second-order valence-electron chi connectivity index (χ2n) is 6.46. The number of piperidine rings is 1. The number of anilines is 1. The molecule has 0 aromatic carbocycles. The highest BCUT2D eigenvalue weighted by Gasteiger charge is 2.60. The molecule has 1 saturated carbocycles. The highest BCUT2D eigenvalue weighted by Crippen LogP contribution is 2.57. The molecule has 2 amide bonds. The quantitative estimate of drug-likeness (QED) is 0.851. The van der Waals surface area contributed by atoms with Gasteiger partial charge in [-0.1, -0.05) is 0 Å². The SMILES string of the molecule is O=C1CCCc2occ(C(=O)N3CC4CC4(CO)C3)c2N1. The minimum Gasteiger partial charge on any atom is -0.466 e. The van der Waals surface area contributed by atoms with Gasteiger partial charge < -0.3 is 19.7 Å². The normalized spacial score (nSPS) is 30.4. The molecule has 2 atom stereocenters. The number of aryl methyl sites for hydroxylation is 1. The van der Waals surface area contributed by atoms with Crippen molar-refractivity contribution in [2.45, 2.75) is 25.7 Å². The summed E-state index contributed by atoms with van der Waals surface area (Å²) in [6.07, 6.45) is 4.32. The van der Waals surface area contributed by atoms with E-state index in [0.717, 1.165) is 12.8 Å². The van der Waals surface area contributed by atoms with Gasteiger partial charge in [-0.25, -0.2) is 0 Å². The zero-order chi connectivity index (χ0) is 14.6. The van der Waals surface area contributed by atoms with Crippen LogP contribution in [0.5, 0.6) is 0 Å². The third-order valence-electron chi connectivity index (χ3n) is 5.08. The molecule has 3 heterocycles. The van der Waals surface area contributed by atoms with Crippen LogP contribution >= 0.6 is 0 Å². The molecule has 6 nitrogen and oxygen atoms in total. The van der Waals surface area contributed by atoms with Gasteiger partial charge in [0.1, 0.15) is 17.6 Å². The molecule has 2 unspecified atom stereocenters. The van der Waals surface area contributed by atoms with Crippen molar-refractivity contribution in [1.82, 2.24) is 4.90 Å². The van der Waals surface area contributed by atoms with Crippen LogP contribution in [0, 0.1) is 11.3 Å². The lowest BCUT2D eigenvalue weighted by atomic mass is 10.1. The fraction of sp³-hybridized carbons (Fsp3) is 0.600. The smallest absolute Gasteiger partial charge is 0.259 e. The Labute approximate surface area is 122 Å². The number of carbonyl (C=O) groups is 2. The highest BCUT2D eigenvalue weighted by atomic mass is 16.3. The monoisotopic (exact) mass is 290 g/mol. The van der Waals surface area contributed by atoms with Crippen LogP contribution in [0.1, 0.15) is 35.4 Å². The van der Waals surface area contributed by atoms with E-state index in [1.807, 2.05) is 0 Å². The Kier molecular flexibility index (Phi) is 2.66. The third kappa shape index (κ3) is 1.89. The lowest BCUT2D eigenvalue weighted by Crippen LogP contribution is -2.33. The van der Waals surface area contributed by atoms with E-state index in [9.17, 15) is 14.7 Å². The fourth-order valence-corrected chi connectivity index (χ4v) is 3.65. The molecule has 1 saturated heterocycles. The predicted octanol–water partition coefficient (Wildman–Crippen LogP) is 1.01. The number of nitrogens with one attached hydrogen (secondary N) is 1. The van der Waals surface area contributed by atoms with Crippen LogP contribution in [0.3, 0.4) is 0 Å². The van der Waals surface area contributed by atoms with Gasteiger partial charge in [0.25, 0.3) is 5.91 Å². The summed E-state index contributed by atoms with van der Waals surface area (Å²) in [7, 11) is 0. The van der Waals surface area contributed by atoms with E-state index >= 15 is 0 Å². The molecule has 112 valence electrons. The number of hydrogen-bond donors (Lipinski definition) is 2. The largest absolute Gasteiger partial charge is 0.466 e. The van der Waals surface area contributed by atoms with E-state index in [0.29, 0.717) is 48.9 Å². The summed E-state index contributed by atoms with van der Waals surface area (Å²) in [5.41, 5.74) is 0.912. The van der Waals surface area contributed by atoms with E-state index in [1.54, 1.807) is 4.90 Å². The Bertz CT molecular complexity index is 619. The molecule has 21 heavy (non-hydrogen) atoms. The van der Waals surface area contributed by atoms with Crippen LogP contribution in [0.4, 0.5) is 5.69 Å². The van der Waals surface area contributed by atoms with Gasteiger partial charge in [-0.3, -0.25) is 9.59 Å². The fourth-order valence-electron chi connectivity index (χ4n) is 3.65. The maximum atomic E-state index is 12.7. The van der Waals surface area contributed by atoms with Crippen LogP contribution < -0.4 is 5.32 Å². The van der Waals surface area contributed by atoms with Gasteiger partial charge in [0, 0.05) is 31.3 Å². The molecule has 1 aromatic rings. The lowest BCUT2D eigenvalue weighted by Gasteiger charge is -2.20. The number of amides is 2. The second-order valence-corrected chi connectivity index (χ2v) is 6.46. The molecule has 3 aliphatic rings. The maximum Gasteiger partial charge on any atom is 0.259 e. The Morgan fingerprint density at radius 3 is 3.14 bits per heavy atom. The van der Waals surface area contributed by atoms with Crippen molar-refractivity contribution in [2.75, 3.05) is 25.0 Å². The van der Waals surface area contributed by atoms with Gasteiger partial charge >= 0.3 is 0 Å². The first-order valence-corrected chi connectivity index (χ1v) is 7.43. The standard InChI is InChI=1S/C15H18N2O4/c18-8-15-4-9(15)5-17(7-15)14(20)10-6-21-11-2-1-3-12(19)16-13(10)11/h6,9,18H,1-5,7-8H2,(H,16,19). The number of aliphatic hydroxyl groups excluding tert-OH is 1. The minimum absolute atomic E-state index is 0.0692. The van der Waals surface area contributed by atoms with Crippen molar-refractivity contribution in [2.24, 2.45) is 11.3 Å². The number of nitrogens with zero attached hydrogens (tertiary/aromatic N) is 1. The molecule has 0 radical (unpaired) electrons. The van der Waals surface area contributed by atoms with E-state index in [1.165, 1.54) is 6.26 Å². The van der Waals surface area contributed by atoms with E-state index < -0.39 is 0 Å². The van der Waals surface area contributed by atoms with E-state index in [-0.39, 0.29) is 23.8 Å². The van der Waals surface area contributed by atoms with Crippen LogP contribution in [0.15, 0.2) is 10.7 Å². The summed E-state index contributed by atoms with van der Waals surface area (Å²) >= 11 is 0. The molecule has 0 bridgehead atoms. The van der Waals surface area contributed by atoms with Crippen LogP contribution in [0.2, 0.25) is 0 Å². The third-order valence-corrected chi connectivity index (χ3v) is 5.08. The number of rotatable bonds is 2. The Hall–Kier alpha value is -1.82. The van der Waals surface area contributed by atoms with Crippen LogP contribution in [-0.4, -0.2) is 41.5 Å². The molecule has 2 N–H and O–H groups in total. The summed E-state index contributed by atoms with van der Waals surface area (Å²) in [6, 6.07) is 0. The molecule has 4 rings (SSSR count). The van der Waals surface area contributed by atoms with Crippen molar-refractivity contribution in [3.8, 4) is 0 Å². The second kappa shape index (κ2) is 4.34. The van der Waals surface area contributed by atoms with Gasteiger partial charge in [0.2, 0.25) is 5.91 Å². The number of aliphatic hydroxyl groups is 1. The average molecular weight is 290 g/mol. The summed E-state index contributed by atoms with van der Waals surface area (Å²) < 4.78 is 5.47. The van der Waals surface area contributed by atoms with E-state index in [2.05, 4.69) is 5.32 Å². The molecule has 2 aliphatic heterocycles. The molecular weight excluding hydrogens is 272 g/mol. The van der Waals surface area contributed by atoms with Crippen molar-refractivity contribution < 1.29 is 19.1 Å². The Balaban J connectivity index is 1.59. The van der Waals surface area contributed by atoms with Gasteiger partial charge in [0.15, 0.2) is 0 Å². The van der Waals surface area contributed by atoms with Gasteiger partial charge in [0.05, 0.1) is 12.3 Å². The Morgan fingerprint density at radius 1 is 1.52 bits per heavy atom. The number of fused-ring (bicyclic) bond motifs is 2. The van der Waals surface area contributed by atoms with Gasteiger partial charge in [-0.2, -0.15) is 0 Å². The molecule has 1 aromatic heterocycles. The van der Waals surface area contributed by atoms with E-state index in [4.69, 9.17) is 4.42 Å². The average Bonchev–Trinajstić information content (AvgIpc) is 2.91. The molecule has 2 fully saturated rings. The van der Waals surface area contributed by atoms with Gasteiger partial charge in [-0.15, -0.1) is 0 Å². The Morgan fingerprint density at radius 2 is 2.38 bits per heavy atom. The summed E-state index contributed by atoms with van der Waals surface area (Å²) in [5.74, 6) is 0.930. The number of carbonyl (C=O) groups excluding carboxylic acids is 2. The first-order chi connectivity index (χ1) is 10.1. The first kappa shape index (κ1) is 12.9. The summed E-state index contributed by atoms with van der Waals surface area (Å²) in [5, 5.41) is 12.2. The van der Waals surface area contributed by atoms with Crippen molar-refractivity contribution >= 4 is 17.5 Å². The number of furan rings is 1. The zero-order valence-electron chi connectivity index (χ0n) is 11.7. The van der Waals surface area contributed by atoms with Gasteiger partial charge in [-0.05, 0) is 18.8 Å². The first-order valence-electron chi connectivity index (χ1n) is 7.43. The molecule has 0 spiro atoms. The molecule has 1 aliphatic carbocycles. The van der Waals surface area contributed by atoms with Crippen molar-refractivity contribution in [3.63, 3.8) is 0 Å². The molecular formula is C15H18N2O4. The van der Waals surface area contributed by atoms with Crippen molar-refractivity contribution in [1.29, 1.82) is 0 Å². The lowest BCUT2D eigenvalue weighted by molar-refractivity contribution is -0.116. The number of likely N-dealkylation sites (tertiary alicyclic amines) is 1. The van der Waals surface area contributed by atoms with Crippen molar-refractivity contribution in [3.05, 3.63) is 17.6 Å². The summed E-state index contributed by atoms with van der Waals surface area (Å²) in [6.45, 7) is 1.43. The molecule has 6 heteroatoms. The predicted molar refractivity (Wildman–Crippen MR) is 73.8 cm³/mol. The highest BCUT2D eigenvalue weighted by molar-refractivity contribution is 6.04. The van der Waals surface area contributed by atoms with Crippen LogP contribution in [-0.2, 0) is 11.2 Å². The van der Waals surface area contributed by atoms with Crippen LogP contribution in [0.25, 0.3) is 0 Å². The minimum atomic E-state index is -0.109. The zero-order valence-corrected chi connectivity index (χ0v) is 11.7. The topological polar surface area (TPSA) is 82.8 Å². The number of hydrogen-bond acceptors (Lipinski definition) is 4.